The summed E-state index contributed by atoms with van der Waals surface area (Å²) >= 11 is 0. The van der Waals surface area contributed by atoms with Crippen LogP contribution in [0.1, 0.15) is 24.0 Å². The topological polar surface area (TPSA) is 20.3 Å². The second-order valence-electron chi connectivity index (χ2n) is 4.05. The maximum absolute atomic E-state index is 10.4. The predicted octanol–water partition coefficient (Wildman–Crippen LogP) is 1.98. The van der Waals surface area contributed by atoms with Crippen LogP contribution in [0.4, 0.5) is 5.69 Å². The van der Waals surface area contributed by atoms with Crippen LogP contribution in [-0.2, 0) is 11.2 Å². The summed E-state index contributed by atoms with van der Waals surface area (Å²) < 4.78 is 0. The Balaban J connectivity index is 2.39. The third kappa shape index (κ3) is 1.41. The Morgan fingerprint density at radius 3 is 3.07 bits per heavy atom. The van der Waals surface area contributed by atoms with E-state index in [4.69, 9.17) is 0 Å². The fourth-order valence-electron chi connectivity index (χ4n) is 2.18. The molecule has 1 aliphatic rings. The summed E-state index contributed by atoms with van der Waals surface area (Å²) in [6.45, 7) is 3.31. The molecular formula is C12H15NO. The molecule has 14 heavy (non-hydrogen) atoms. The minimum atomic E-state index is 0.531. The minimum Gasteiger partial charge on any atom is -0.374 e. The summed E-state index contributed by atoms with van der Waals surface area (Å²) in [6, 6.07) is 6.33. The quantitative estimate of drug-likeness (QED) is 0.663. The van der Waals surface area contributed by atoms with Crippen LogP contribution in [-0.4, -0.2) is 19.9 Å². The molecule has 0 amide bonds. The number of benzene rings is 1. The van der Waals surface area contributed by atoms with Gasteiger partial charge >= 0.3 is 0 Å². The summed E-state index contributed by atoms with van der Waals surface area (Å²) in [7, 11) is 2.11. The maximum Gasteiger partial charge on any atom is 0.124 e. The van der Waals surface area contributed by atoms with Crippen molar-refractivity contribution in [3.05, 3.63) is 29.3 Å². The third-order valence-corrected chi connectivity index (χ3v) is 2.90. The first-order valence-electron chi connectivity index (χ1n) is 5.00. The van der Waals surface area contributed by atoms with Gasteiger partial charge in [0.25, 0.3) is 0 Å². The number of rotatable bonds is 2. The van der Waals surface area contributed by atoms with Crippen molar-refractivity contribution in [2.24, 2.45) is 0 Å². The number of fused-ring (bicyclic) bond motifs is 1. The van der Waals surface area contributed by atoms with Gasteiger partial charge < -0.3 is 9.69 Å². The van der Waals surface area contributed by atoms with Crippen molar-refractivity contribution < 1.29 is 4.79 Å². The lowest BCUT2D eigenvalue weighted by molar-refractivity contribution is -0.107. The maximum atomic E-state index is 10.4. The van der Waals surface area contributed by atoms with Crippen molar-refractivity contribution in [1.29, 1.82) is 0 Å². The molecule has 0 saturated carbocycles. The molecule has 0 spiro atoms. The van der Waals surface area contributed by atoms with E-state index >= 15 is 0 Å². The molecule has 0 aliphatic carbocycles. The van der Waals surface area contributed by atoms with Gasteiger partial charge in [-0.1, -0.05) is 19.1 Å². The van der Waals surface area contributed by atoms with E-state index in [1.54, 1.807) is 0 Å². The van der Waals surface area contributed by atoms with Crippen LogP contribution >= 0.6 is 0 Å². The van der Waals surface area contributed by atoms with Gasteiger partial charge in [-0.2, -0.15) is 0 Å². The van der Waals surface area contributed by atoms with Gasteiger partial charge in [-0.25, -0.2) is 0 Å². The van der Waals surface area contributed by atoms with Crippen LogP contribution in [0.15, 0.2) is 18.2 Å². The van der Waals surface area contributed by atoms with Gasteiger partial charge in [0.05, 0.1) is 0 Å². The van der Waals surface area contributed by atoms with Crippen LogP contribution < -0.4 is 4.90 Å². The van der Waals surface area contributed by atoms with E-state index in [2.05, 4.69) is 31.0 Å². The molecule has 0 N–H and O–H groups in total. The molecule has 2 nitrogen and oxygen atoms in total. The fourth-order valence-corrected chi connectivity index (χ4v) is 2.18. The number of carbonyl (C=O) groups is 1. The Bertz CT molecular complexity index is 359. The van der Waals surface area contributed by atoms with Crippen molar-refractivity contribution in [2.75, 3.05) is 18.5 Å². The van der Waals surface area contributed by atoms with E-state index in [1.165, 1.54) is 11.3 Å². The number of aldehydes is 1. The highest BCUT2D eigenvalue weighted by Gasteiger charge is 2.22. The molecular weight excluding hydrogens is 174 g/mol. The van der Waals surface area contributed by atoms with Gasteiger partial charge in [0.15, 0.2) is 0 Å². The van der Waals surface area contributed by atoms with Crippen LogP contribution in [0.2, 0.25) is 0 Å². The van der Waals surface area contributed by atoms with Crippen LogP contribution in [0.25, 0.3) is 0 Å². The molecule has 0 radical (unpaired) electrons. The van der Waals surface area contributed by atoms with Crippen molar-refractivity contribution >= 4 is 12.0 Å². The first kappa shape index (κ1) is 9.25. The molecule has 2 heteroatoms. The number of nitrogens with zero attached hydrogens (tertiary/aromatic N) is 1. The van der Waals surface area contributed by atoms with Gasteiger partial charge in [-0.15, -0.1) is 0 Å². The lowest BCUT2D eigenvalue weighted by Gasteiger charge is -2.11. The van der Waals surface area contributed by atoms with Gasteiger partial charge in [0.1, 0.15) is 6.29 Å². The van der Waals surface area contributed by atoms with Crippen LogP contribution in [0.5, 0.6) is 0 Å². The number of likely N-dealkylation sites (N-methyl/N-ethyl adjacent to an activating group) is 1. The van der Waals surface area contributed by atoms with Crippen molar-refractivity contribution in [1.82, 2.24) is 0 Å². The summed E-state index contributed by atoms with van der Waals surface area (Å²) in [5, 5.41) is 0. The zero-order valence-electron chi connectivity index (χ0n) is 8.66. The molecule has 1 unspecified atom stereocenters. The average molecular weight is 189 g/mol. The molecule has 0 bridgehead atoms. The summed E-state index contributed by atoms with van der Waals surface area (Å²) in [4.78, 5) is 12.7. The van der Waals surface area contributed by atoms with Gasteiger partial charge in [-0.3, -0.25) is 0 Å². The van der Waals surface area contributed by atoms with Gasteiger partial charge in [0, 0.05) is 31.6 Å². The van der Waals surface area contributed by atoms with Crippen molar-refractivity contribution in [3.63, 3.8) is 0 Å². The summed E-state index contributed by atoms with van der Waals surface area (Å²) in [5.41, 5.74) is 3.82. The highest BCUT2D eigenvalue weighted by atomic mass is 16.1. The second-order valence-corrected chi connectivity index (χ2v) is 4.05. The van der Waals surface area contributed by atoms with Gasteiger partial charge in [0.2, 0.25) is 0 Å². The molecule has 1 aromatic carbocycles. The van der Waals surface area contributed by atoms with E-state index in [9.17, 15) is 4.79 Å². The van der Waals surface area contributed by atoms with E-state index in [0.717, 1.165) is 18.4 Å². The van der Waals surface area contributed by atoms with Crippen LogP contribution in [0, 0.1) is 0 Å². The van der Waals surface area contributed by atoms with E-state index in [-0.39, 0.29) is 0 Å². The number of carbonyl (C=O) groups excluding carboxylic acids is 1. The van der Waals surface area contributed by atoms with Gasteiger partial charge in [-0.05, 0) is 17.2 Å². The zero-order valence-corrected chi connectivity index (χ0v) is 8.66. The Morgan fingerprint density at radius 2 is 2.36 bits per heavy atom. The average Bonchev–Trinajstić information content (AvgIpc) is 2.43. The fraction of sp³-hybridized carbons (Fsp3) is 0.417. The lowest BCUT2D eigenvalue weighted by atomic mass is 10.00. The first-order valence-corrected chi connectivity index (χ1v) is 5.00. The van der Waals surface area contributed by atoms with Crippen molar-refractivity contribution in [2.45, 2.75) is 19.3 Å². The summed E-state index contributed by atoms with van der Waals surface area (Å²) in [5.74, 6) is 0.585. The Kier molecular flexibility index (Phi) is 2.28. The van der Waals surface area contributed by atoms with E-state index in [0.29, 0.717) is 12.3 Å². The molecule has 1 aliphatic heterocycles. The zero-order chi connectivity index (χ0) is 10.1. The Hall–Kier alpha value is -1.31. The Labute approximate surface area is 84.5 Å². The molecule has 2 rings (SSSR count). The van der Waals surface area contributed by atoms with E-state index < -0.39 is 0 Å². The number of hydrogen-bond donors (Lipinski definition) is 0. The third-order valence-electron chi connectivity index (χ3n) is 2.90. The minimum absolute atomic E-state index is 0.531. The first-order chi connectivity index (χ1) is 6.72. The lowest BCUT2D eigenvalue weighted by Crippen LogP contribution is -2.13. The van der Waals surface area contributed by atoms with E-state index in [1.807, 2.05) is 6.07 Å². The normalized spacial score (nSPS) is 19.6. The second kappa shape index (κ2) is 3.45. The number of hydrogen-bond acceptors (Lipinski definition) is 2. The smallest absolute Gasteiger partial charge is 0.124 e. The molecule has 1 aromatic rings. The standard InChI is InChI=1S/C12H15NO/c1-9-8-13(2)12-4-3-10(5-6-14)7-11(9)12/h3-4,6-7,9H,5,8H2,1-2H3. The highest BCUT2D eigenvalue weighted by Crippen LogP contribution is 2.35. The highest BCUT2D eigenvalue weighted by molar-refractivity contribution is 5.63. The predicted molar refractivity (Wildman–Crippen MR) is 57.9 cm³/mol. The molecule has 0 aromatic heterocycles. The van der Waals surface area contributed by atoms with Crippen molar-refractivity contribution in [3.8, 4) is 0 Å². The molecule has 0 saturated heterocycles. The molecule has 74 valence electrons. The number of anilines is 1. The Morgan fingerprint density at radius 1 is 1.57 bits per heavy atom. The SMILES string of the molecule is CC1CN(C)c2ccc(CC=O)cc21. The molecule has 1 heterocycles. The molecule has 0 fully saturated rings. The van der Waals surface area contributed by atoms with Crippen LogP contribution in [0.3, 0.4) is 0 Å². The monoisotopic (exact) mass is 189 g/mol. The molecule has 1 atom stereocenters. The largest absolute Gasteiger partial charge is 0.374 e. The summed E-state index contributed by atoms with van der Waals surface area (Å²) in [6.07, 6.45) is 1.49.